The zero-order valence-corrected chi connectivity index (χ0v) is 14.0. The molecule has 0 radical (unpaired) electrons. The fourth-order valence-electron chi connectivity index (χ4n) is 2.39. The van der Waals surface area contributed by atoms with E-state index >= 15 is 0 Å². The maximum absolute atomic E-state index is 14.3. The first-order valence-corrected chi connectivity index (χ1v) is 8.80. The minimum Gasteiger partial charge on any atom is -0.314 e. The molecular weight excluding hydrogens is 329 g/mol. The van der Waals surface area contributed by atoms with E-state index in [1.54, 1.807) is 13.0 Å². The van der Waals surface area contributed by atoms with Crippen molar-refractivity contribution in [3.8, 4) is 11.1 Å². The van der Waals surface area contributed by atoms with Gasteiger partial charge in [-0.25, -0.2) is 8.60 Å². The summed E-state index contributed by atoms with van der Waals surface area (Å²) in [6.07, 6.45) is 0. The fourth-order valence-corrected chi connectivity index (χ4v) is 3.29. The van der Waals surface area contributed by atoms with E-state index in [2.05, 4.69) is 15.6 Å². The lowest BCUT2D eigenvalue weighted by molar-refractivity contribution is 0.0941. The van der Waals surface area contributed by atoms with Gasteiger partial charge in [-0.3, -0.25) is 10.2 Å². The molecule has 1 fully saturated rings. The lowest BCUT2D eigenvalue weighted by Crippen LogP contribution is -2.55. The second kappa shape index (κ2) is 7.21. The Morgan fingerprint density at radius 1 is 1.21 bits per heavy atom. The molecule has 0 bridgehead atoms. The number of hydrogen-bond donors (Lipinski definition) is 3. The number of aryl methyl sites for hydroxylation is 1. The number of benzene rings is 2. The molecule has 0 aliphatic carbocycles. The third kappa shape index (κ3) is 3.53. The first kappa shape index (κ1) is 16.8. The summed E-state index contributed by atoms with van der Waals surface area (Å²) in [5.41, 5.74) is 4.29. The molecule has 1 amide bonds. The van der Waals surface area contributed by atoms with E-state index in [0.29, 0.717) is 18.7 Å². The Balaban J connectivity index is 1.79. The lowest BCUT2D eigenvalue weighted by atomic mass is 9.99. The van der Waals surface area contributed by atoms with Crippen molar-refractivity contribution in [1.29, 1.82) is 0 Å². The number of rotatable bonds is 5. The topological polar surface area (TPSA) is 70.2 Å². The van der Waals surface area contributed by atoms with Gasteiger partial charge in [-0.05, 0) is 35.7 Å². The average Bonchev–Trinajstić information content (AvgIpc) is 2.54. The van der Waals surface area contributed by atoms with E-state index in [-0.39, 0.29) is 10.8 Å². The highest BCUT2D eigenvalue weighted by Gasteiger charge is 2.24. The van der Waals surface area contributed by atoms with Gasteiger partial charge in [0.05, 0.1) is 10.8 Å². The van der Waals surface area contributed by atoms with E-state index in [9.17, 15) is 13.4 Å². The average molecular weight is 347 g/mol. The minimum absolute atomic E-state index is 0.0486. The molecule has 126 valence electrons. The van der Waals surface area contributed by atoms with Gasteiger partial charge in [0.1, 0.15) is 16.8 Å². The third-order valence-electron chi connectivity index (χ3n) is 3.92. The van der Waals surface area contributed by atoms with Gasteiger partial charge >= 0.3 is 0 Å². The molecule has 3 rings (SSSR count). The van der Waals surface area contributed by atoms with Crippen LogP contribution in [0.25, 0.3) is 11.1 Å². The molecule has 2 aromatic carbocycles. The van der Waals surface area contributed by atoms with Gasteiger partial charge in [-0.1, -0.05) is 30.3 Å². The molecule has 1 saturated heterocycles. The van der Waals surface area contributed by atoms with Crippen molar-refractivity contribution in [3.05, 3.63) is 59.4 Å². The normalized spacial score (nSPS) is 15.6. The second-order valence-electron chi connectivity index (χ2n) is 5.65. The maximum atomic E-state index is 14.3. The standard InChI is InChI=1S/C17H18FN3O2S/c1-11-7-13(12-5-3-2-4-6-12)8-15(16(11)18)17(22)20-21-24(23)14-9-19-10-14/h2-8,14,19,21H,9-10H2,1H3,(H,20,22). The van der Waals surface area contributed by atoms with Crippen LogP contribution in [0, 0.1) is 12.7 Å². The number of carbonyl (C=O) groups excluding carboxylic acids is 1. The Labute approximate surface area is 142 Å². The molecule has 0 spiro atoms. The molecule has 24 heavy (non-hydrogen) atoms. The highest BCUT2D eigenvalue weighted by atomic mass is 32.2. The van der Waals surface area contributed by atoms with Crippen LogP contribution < -0.4 is 15.6 Å². The summed E-state index contributed by atoms with van der Waals surface area (Å²) in [7, 11) is -1.39. The molecule has 2 aromatic rings. The van der Waals surface area contributed by atoms with Gasteiger partial charge in [0.25, 0.3) is 5.91 Å². The van der Waals surface area contributed by atoms with Gasteiger partial charge < -0.3 is 5.32 Å². The summed E-state index contributed by atoms with van der Waals surface area (Å²) in [5, 5.41) is 2.95. The molecule has 7 heteroatoms. The van der Waals surface area contributed by atoms with Crippen molar-refractivity contribution >= 4 is 16.9 Å². The predicted octanol–water partition coefficient (Wildman–Crippen LogP) is 1.67. The van der Waals surface area contributed by atoms with E-state index in [1.807, 2.05) is 30.3 Å². The molecule has 5 nitrogen and oxygen atoms in total. The predicted molar refractivity (Wildman–Crippen MR) is 92.0 cm³/mol. The molecule has 1 unspecified atom stereocenters. The molecule has 1 atom stereocenters. The summed E-state index contributed by atoms with van der Waals surface area (Å²) in [6.45, 7) is 2.88. The quantitative estimate of drug-likeness (QED) is 0.721. The van der Waals surface area contributed by atoms with Gasteiger partial charge in [0.2, 0.25) is 0 Å². The molecule has 1 aliphatic heterocycles. The Morgan fingerprint density at radius 2 is 1.92 bits per heavy atom. The minimum atomic E-state index is -1.39. The van der Waals surface area contributed by atoms with Crippen LogP contribution in [0.5, 0.6) is 0 Å². The summed E-state index contributed by atoms with van der Waals surface area (Å²) in [4.78, 5) is 14.7. The Kier molecular flexibility index (Phi) is 5.03. The monoisotopic (exact) mass is 347 g/mol. The number of halogens is 1. The summed E-state index contributed by atoms with van der Waals surface area (Å²) in [6, 6.07) is 12.6. The summed E-state index contributed by atoms with van der Waals surface area (Å²) in [5.74, 6) is -1.22. The van der Waals surface area contributed by atoms with Crippen molar-refractivity contribution in [1.82, 2.24) is 15.6 Å². The SMILES string of the molecule is Cc1cc(-c2ccccc2)cc(C(=O)NNS(=O)C2CNC2)c1F. The van der Waals surface area contributed by atoms with Crippen molar-refractivity contribution in [2.45, 2.75) is 12.2 Å². The van der Waals surface area contributed by atoms with Crippen LogP contribution in [0.15, 0.2) is 42.5 Å². The first-order valence-electron chi connectivity index (χ1n) is 7.59. The zero-order valence-electron chi connectivity index (χ0n) is 13.1. The van der Waals surface area contributed by atoms with Crippen LogP contribution >= 0.6 is 0 Å². The van der Waals surface area contributed by atoms with Crippen LogP contribution in [-0.2, 0) is 11.0 Å². The van der Waals surface area contributed by atoms with Crippen LogP contribution in [0.1, 0.15) is 15.9 Å². The zero-order chi connectivity index (χ0) is 17.1. The molecule has 1 heterocycles. The van der Waals surface area contributed by atoms with E-state index in [1.165, 1.54) is 6.07 Å². The van der Waals surface area contributed by atoms with Crippen LogP contribution in [0.3, 0.4) is 0 Å². The van der Waals surface area contributed by atoms with Crippen molar-refractivity contribution in [2.75, 3.05) is 13.1 Å². The van der Waals surface area contributed by atoms with E-state index in [0.717, 1.165) is 11.1 Å². The van der Waals surface area contributed by atoms with Gasteiger partial charge in [-0.2, -0.15) is 4.83 Å². The highest BCUT2D eigenvalue weighted by molar-refractivity contribution is 7.83. The number of nitrogens with one attached hydrogen (secondary N) is 3. The maximum Gasteiger partial charge on any atom is 0.269 e. The molecule has 0 saturated carbocycles. The number of carbonyl (C=O) groups is 1. The number of hydrogen-bond acceptors (Lipinski definition) is 3. The Bertz CT molecular complexity index is 779. The third-order valence-corrected chi connectivity index (χ3v) is 5.16. The second-order valence-corrected chi connectivity index (χ2v) is 7.12. The van der Waals surface area contributed by atoms with Gasteiger partial charge in [0.15, 0.2) is 0 Å². The van der Waals surface area contributed by atoms with E-state index in [4.69, 9.17) is 0 Å². The van der Waals surface area contributed by atoms with Crippen LogP contribution in [-0.4, -0.2) is 28.5 Å². The number of hydrazine groups is 1. The first-order chi connectivity index (χ1) is 11.6. The summed E-state index contributed by atoms with van der Waals surface area (Å²) < 4.78 is 26.2. The van der Waals surface area contributed by atoms with E-state index < -0.39 is 22.7 Å². The van der Waals surface area contributed by atoms with Gasteiger partial charge in [0, 0.05) is 13.1 Å². The van der Waals surface area contributed by atoms with Crippen LogP contribution in [0.4, 0.5) is 4.39 Å². The van der Waals surface area contributed by atoms with Crippen molar-refractivity contribution < 1.29 is 13.4 Å². The molecule has 3 N–H and O–H groups in total. The Morgan fingerprint density at radius 3 is 2.54 bits per heavy atom. The smallest absolute Gasteiger partial charge is 0.269 e. The Hall–Kier alpha value is -2.09. The highest BCUT2D eigenvalue weighted by Crippen LogP contribution is 2.24. The van der Waals surface area contributed by atoms with Crippen LogP contribution in [0.2, 0.25) is 0 Å². The lowest BCUT2D eigenvalue weighted by Gasteiger charge is -2.26. The van der Waals surface area contributed by atoms with Crippen molar-refractivity contribution in [3.63, 3.8) is 0 Å². The largest absolute Gasteiger partial charge is 0.314 e. The summed E-state index contributed by atoms with van der Waals surface area (Å²) >= 11 is 0. The number of amides is 1. The molecule has 0 aromatic heterocycles. The van der Waals surface area contributed by atoms with Gasteiger partial charge in [-0.15, -0.1) is 0 Å². The van der Waals surface area contributed by atoms with Crippen molar-refractivity contribution in [2.24, 2.45) is 0 Å². The molecular formula is C17H18FN3O2S. The fraction of sp³-hybridized carbons (Fsp3) is 0.235. The molecule has 1 aliphatic rings.